The number of nitrogen functional groups attached to an aromatic ring is 1. The second-order valence-corrected chi connectivity index (χ2v) is 6.85. The highest BCUT2D eigenvalue weighted by Gasteiger charge is 2.26. The first-order chi connectivity index (χ1) is 11.1. The average Bonchev–Trinajstić information content (AvgIpc) is 3.19. The number of thiazole rings is 1. The van der Waals surface area contributed by atoms with Crippen molar-refractivity contribution in [1.29, 1.82) is 0 Å². The molecule has 6 heteroatoms. The Balaban J connectivity index is 2.09. The summed E-state index contributed by atoms with van der Waals surface area (Å²) in [4.78, 5) is 11.0. The highest BCUT2D eigenvalue weighted by atomic mass is 32.1. The van der Waals surface area contributed by atoms with Crippen molar-refractivity contribution in [3.05, 3.63) is 42.5 Å². The molecule has 0 aliphatic carbocycles. The van der Waals surface area contributed by atoms with Crippen LogP contribution in [0.25, 0.3) is 10.2 Å². The molecule has 0 spiro atoms. The number of rotatable bonds is 6. The predicted molar refractivity (Wildman–Crippen MR) is 96.8 cm³/mol. The van der Waals surface area contributed by atoms with Gasteiger partial charge in [-0.3, -0.25) is 0 Å². The van der Waals surface area contributed by atoms with E-state index in [9.17, 15) is 0 Å². The van der Waals surface area contributed by atoms with Crippen LogP contribution in [0.4, 0.5) is 5.13 Å². The van der Waals surface area contributed by atoms with Gasteiger partial charge in [0.25, 0.3) is 0 Å². The molecule has 23 heavy (non-hydrogen) atoms. The first kappa shape index (κ1) is 16.0. The SMILES string of the molecule is CCC(C(c1ccc2nc(N)sc2c1)n1ccnc1)N(C)CC. The Morgan fingerprint density at radius 2 is 2.17 bits per heavy atom. The third-order valence-corrected chi connectivity index (χ3v) is 5.31. The molecule has 0 bridgehead atoms. The van der Waals surface area contributed by atoms with Gasteiger partial charge in [-0.25, -0.2) is 9.97 Å². The van der Waals surface area contributed by atoms with Gasteiger partial charge in [0.05, 0.1) is 22.6 Å². The van der Waals surface area contributed by atoms with Crippen LogP contribution in [0.3, 0.4) is 0 Å². The maximum atomic E-state index is 5.85. The van der Waals surface area contributed by atoms with E-state index in [1.165, 1.54) is 5.56 Å². The summed E-state index contributed by atoms with van der Waals surface area (Å²) in [5.74, 6) is 0. The summed E-state index contributed by atoms with van der Waals surface area (Å²) in [7, 11) is 2.18. The van der Waals surface area contributed by atoms with Crippen LogP contribution in [0.15, 0.2) is 36.9 Å². The Hall–Kier alpha value is -1.92. The lowest BCUT2D eigenvalue weighted by Crippen LogP contribution is -2.39. The second kappa shape index (κ2) is 6.68. The topological polar surface area (TPSA) is 60.0 Å². The van der Waals surface area contributed by atoms with E-state index in [0.29, 0.717) is 11.2 Å². The fourth-order valence-electron chi connectivity index (χ4n) is 3.18. The van der Waals surface area contributed by atoms with Crippen molar-refractivity contribution < 1.29 is 0 Å². The van der Waals surface area contributed by atoms with Crippen LogP contribution in [0, 0.1) is 0 Å². The average molecular weight is 329 g/mol. The summed E-state index contributed by atoms with van der Waals surface area (Å²) in [6, 6.07) is 7.08. The smallest absolute Gasteiger partial charge is 0.181 e. The maximum Gasteiger partial charge on any atom is 0.181 e. The molecule has 0 saturated heterocycles. The van der Waals surface area contributed by atoms with E-state index >= 15 is 0 Å². The first-order valence-electron chi connectivity index (χ1n) is 7.97. The molecule has 0 fully saturated rings. The van der Waals surface area contributed by atoms with Gasteiger partial charge in [-0.15, -0.1) is 0 Å². The first-order valence-corrected chi connectivity index (χ1v) is 8.79. The molecule has 5 nitrogen and oxygen atoms in total. The van der Waals surface area contributed by atoms with Crippen molar-refractivity contribution in [3.8, 4) is 0 Å². The summed E-state index contributed by atoms with van der Waals surface area (Å²) in [6.07, 6.45) is 6.86. The van der Waals surface area contributed by atoms with E-state index in [1.54, 1.807) is 11.3 Å². The Morgan fingerprint density at radius 1 is 1.35 bits per heavy atom. The van der Waals surface area contributed by atoms with Crippen molar-refractivity contribution in [3.63, 3.8) is 0 Å². The molecule has 0 aliphatic heterocycles. The summed E-state index contributed by atoms with van der Waals surface area (Å²) in [5.41, 5.74) is 8.09. The number of nitrogens with two attached hydrogens (primary N) is 1. The van der Waals surface area contributed by atoms with E-state index in [0.717, 1.165) is 23.2 Å². The van der Waals surface area contributed by atoms with Crippen molar-refractivity contribution >= 4 is 26.7 Å². The Kier molecular flexibility index (Phi) is 4.63. The molecule has 2 unspecified atom stereocenters. The highest BCUT2D eigenvalue weighted by Crippen LogP contribution is 2.32. The van der Waals surface area contributed by atoms with E-state index < -0.39 is 0 Å². The van der Waals surface area contributed by atoms with E-state index in [4.69, 9.17) is 5.73 Å². The molecule has 122 valence electrons. The molecule has 3 aromatic rings. The lowest BCUT2D eigenvalue weighted by atomic mass is 9.95. The number of anilines is 1. The minimum Gasteiger partial charge on any atom is -0.375 e. The fraction of sp³-hybridized carbons (Fsp3) is 0.412. The summed E-state index contributed by atoms with van der Waals surface area (Å²) in [5, 5.41) is 0.619. The van der Waals surface area contributed by atoms with Gasteiger partial charge in [0.1, 0.15) is 0 Å². The lowest BCUT2D eigenvalue weighted by molar-refractivity contribution is 0.198. The summed E-state index contributed by atoms with van der Waals surface area (Å²) in [6.45, 7) is 5.45. The zero-order valence-corrected chi connectivity index (χ0v) is 14.6. The summed E-state index contributed by atoms with van der Waals surface area (Å²) < 4.78 is 3.34. The van der Waals surface area contributed by atoms with Crippen LogP contribution in [0.2, 0.25) is 0 Å². The molecule has 2 heterocycles. The molecule has 3 rings (SSSR count). The molecule has 0 radical (unpaired) electrons. The molecule has 1 aromatic carbocycles. The quantitative estimate of drug-likeness (QED) is 0.753. The van der Waals surface area contributed by atoms with Gasteiger partial charge < -0.3 is 15.2 Å². The molecular formula is C17H23N5S. The molecule has 2 N–H and O–H groups in total. The van der Waals surface area contributed by atoms with Crippen LogP contribution in [0.1, 0.15) is 31.9 Å². The Morgan fingerprint density at radius 3 is 2.83 bits per heavy atom. The van der Waals surface area contributed by atoms with Crippen LogP contribution in [-0.4, -0.2) is 39.1 Å². The Bertz CT molecular complexity index is 764. The second-order valence-electron chi connectivity index (χ2n) is 5.78. The number of fused-ring (bicyclic) bond motifs is 1. The molecule has 0 aliphatic rings. The predicted octanol–water partition coefficient (Wildman–Crippen LogP) is 3.39. The van der Waals surface area contributed by atoms with Crippen LogP contribution in [0.5, 0.6) is 0 Å². The van der Waals surface area contributed by atoms with Crippen molar-refractivity contribution in [2.24, 2.45) is 0 Å². The van der Waals surface area contributed by atoms with Gasteiger partial charge in [-0.1, -0.05) is 31.3 Å². The van der Waals surface area contributed by atoms with Gasteiger partial charge in [0, 0.05) is 18.4 Å². The van der Waals surface area contributed by atoms with E-state index in [1.807, 2.05) is 18.7 Å². The molecule has 2 aromatic heterocycles. The summed E-state index contributed by atoms with van der Waals surface area (Å²) >= 11 is 1.54. The number of aromatic nitrogens is 3. The van der Waals surface area contributed by atoms with Gasteiger partial charge in [0.2, 0.25) is 0 Å². The van der Waals surface area contributed by atoms with Crippen molar-refractivity contribution in [2.75, 3.05) is 19.3 Å². The molecular weight excluding hydrogens is 306 g/mol. The minimum absolute atomic E-state index is 0.222. The molecule has 0 amide bonds. The Labute approximate surface area is 140 Å². The van der Waals surface area contributed by atoms with Gasteiger partial charge in [-0.05, 0) is 37.7 Å². The number of imidazole rings is 1. The van der Waals surface area contributed by atoms with E-state index in [2.05, 4.69) is 58.5 Å². The monoisotopic (exact) mass is 329 g/mol. The number of likely N-dealkylation sites (N-methyl/N-ethyl adjacent to an activating group) is 1. The standard InChI is InChI=1S/C17H23N5S/c1-4-14(21(3)5-2)16(22-9-8-19-11-22)12-6-7-13-15(10-12)23-17(18)20-13/h6-11,14,16H,4-5H2,1-3H3,(H2,18,20). The number of nitrogens with zero attached hydrogens (tertiary/aromatic N) is 4. The zero-order chi connectivity index (χ0) is 16.4. The van der Waals surface area contributed by atoms with Crippen LogP contribution in [-0.2, 0) is 0 Å². The molecule has 2 atom stereocenters. The fourth-order valence-corrected chi connectivity index (χ4v) is 3.96. The maximum absolute atomic E-state index is 5.85. The normalized spacial score (nSPS) is 14.4. The minimum atomic E-state index is 0.222. The number of benzene rings is 1. The van der Waals surface area contributed by atoms with Gasteiger partial charge in [-0.2, -0.15) is 0 Å². The van der Waals surface area contributed by atoms with Crippen LogP contribution < -0.4 is 5.73 Å². The zero-order valence-electron chi connectivity index (χ0n) is 13.8. The largest absolute Gasteiger partial charge is 0.375 e. The number of hydrogen-bond acceptors (Lipinski definition) is 5. The highest BCUT2D eigenvalue weighted by molar-refractivity contribution is 7.22. The number of hydrogen-bond donors (Lipinski definition) is 1. The third kappa shape index (κ3) is 3.09. The van der Waals surface area contributed by atoms with E-state index in [-0.39, 0.29) is 6.04 Å². The van der Waals surface area contributed by atoms with Crippen LogP contribution >= 0.6 is 11.3 Å². The van der Waals surface area contributed by atoms with Gasteiger partial charge >= 0.3 is 0 Å². The third-order valence-electron chi connectivity index (χ3n) is 4.46. The van der Waals surface area contributed by atoms with Gasteiger partial charge in [0.15, 0.2) is 5.13 Å². The lowest BCUT2D eigenvalue weighted by Gasteiger charge is -2.34. The molecule has 0 saturated carbocycles. The van der Waals surface area contributed by atoms with Crippen molar-refractivity contribution in [1.82, 2.24) is 19.4 Å². The van der Waals surface area contributed by atoms with Crippen molar-refractivity contribution in [2.45, 2.75) is 32.4 Å².